The van der Waals surface area contributed by atoms with E-state index in [9.17, 15) is 9.59 Å². The lowest BCUT2D eigenvalue weighted by molar-refractivity contribution is -0.150. The molecule has 0 aromatic rings. The number of rotatable bonds is 35. The molecule has 44 heavy (non-hydrogen) atoms. The molecule has 8 N–H and O–H groups in total. The van der Waals surface area contributed by atoms with E-state index in [1.165, 1.54) is 77.0 Å². The molecule has 0 aromatic heterocycles. The van der Waals surface area contributed by atoms with Gasteiger partial charge < -0.3 is 20.9 Å². The second kappa shape index (κ2) is 34.6. The molecular formula is C36H74N4O4. The monoisotopic (exact) mass is 627 g/mol. The van der Waals surface area contributed by atoms with E-state index in [1.54, 1.807) is 0 Å². The highest BCUT2D eigenvalue weighted by molar-refractivity contribution is 5.69. The summed E-state index contributed by atoms with van der Waals surface area (Å²) >= 11 is 0. The molecule has 0 saturated carbocycles. The average Bonchev–Trinajstić information content (AvgIpc) is 2.99. The molecule has 0 radical (unpaired) electrons. The normalized spacial score (nSPS) is 12.7. The van der Waals surface area contributed by atoms with Gasteiger partial charge in [0.2, 0.25) is 0 Å². The molecule has 0 rings (SSSR count). The summed E-state index contributed by atoms with van der Waals surface area (Å²) in [7, 11) is 0. The van der Waals surface area contributed by atoms with Gasteiger partial charge in [0, 0.05) is 12.8 Å². The van der Waals surface area contributed by atoms with Gasteiger partial charge in [0.1, 0.15) is 0 Å². The molecule has 2 atom stereocenters. The molecule has 8 nitrogen and oxygen atoms in total. The van der Waals surface area contributed by atoms with Crippen LogP contribution in [-0.2, 0) is 19.1 Å². The summed E-state index contributed by atoms with van der Waals surface area (Å²) in [6.45, 7) is 1.62. The van der Waals surface area contributed by atoms with E-state index in [-0.39, 0.29) is 11.9 Å². The Morgan fingerprint density at radius 2 is 0.591 bits per heavy atom. The van der Waals surface area contributed by atoms with Crippen molar-refractivity contribution in [3.8, 4) is 0 Å². The zero-order valence-corrected chi connectivity index (χ0v) is 28.7. The number of unbranched alkanes of at least 4 members (excludes halogenated alkanes) is 23. The minimum Gasteiger partial charge on any atom is -0.447 e. The molecule has 262 valence electrons. The second-order valence-electron chi connectivity index (χ2n) is 12.9. The van der Waals surface area contributed by atoms with Gasteiger partial charge in [-0.3, -0.25) is 21.1 Å². The van der Waals surface area contributed by atoms with E-state index < -0.39 is 12.5 Å². The molecule has 0 spiro atoms. The van der Waals surface area contributed by atoms with Crippen molar-refractivity contribution in [3.05, 3.63) is 0 Å². The van der Waals surface area contributed by atoms with Crippen LogP contribution in [0.2, 0.25) is 0 Å². The molecule has 2 unspecified atom stereocenters. The first-order valence-corrected chi connectivity index (χ1v) is 18.8. The van der Waals surface area contributed by atoms with E-state index >= 15 is 0 Å². The van der Waals surface area contributed by atoms with Crippen molar-refractivity contribution in [1.82, 2.24) is 0 Å². The third-order valence-electron chi connectivity index (χ3n) is 8.46. The maximum absolute atomic E-state index is 12.0. The van der Waals surface area contributed by atoms with Crippen LogP contribution in [0.5, 0.6) is 0 Å². The van der Waals surface area contributed by atoms with Gasteiger partial charge >= 0.3 is 11.9 Å². The van der Waals surface area contributed by atoms with Crippen molar-refractivity contribution in [2.45, 2.75) is 205 Å². The molecule has 0 aliphatic heterocycles. The van der Waals surface area contributed by atoms with E-state index in [0.29, 0.717) is 12.8 Å². The minimum atomic E-state index is -0.464. The van der Waals surface area contributed by atoms with Gasteiger partial charge in [0.05, 0.1) is 0 Å². The molecule has 8 heteroatoms. The topological polar surface area (TPSA) is 157 Å². The summed E-state index contributed by atoms with van der Waals surface area (Å²) in [6.07, 6.45) is 31.8. The Morgan fingerprint density at radius 1 is 0.364 bits per heavy atom. The molecule has 0 bridgehead atoms. The van der Waals surface area contributed by atoms with Crippen LogP contribution in [0.4, 0.5) is 0 Å². The molecule has 0 fully saturated rings. The van der Waals surface area contributed by atoms with Crippen molar-refractivity contribution in [3.63, 3.8) is 0 Å². The quantitative estimate of drug-likeness (QED) is 0.0311. The van der Waals surface area contributed by atoms with Crippen LogP contribution in [0.3, 0.4) is 0 Å². The van der Waals surface area contributed by atoms with E-state index in [0.717, 1.165) is 116 Å². The lowest BCUT2D eigenvalue weighted by atomic mass is 10.1. The summed E-state index contributed by atoms with van der Waals surface area (Å²) in [5, 5.41) is 0. The molecule has 0 saturated heterocycles. The van der Waals surface area contributed by atoms with Crippen molar-refractivity contribution in [1.29, 1.82) is 0 Å². The third-order valence-corrected chi connectivity index (χ3v) is 8.46. The van der Waals surface area contributed by atoms with Gasteiger partial charge in [0.15, 0.2) is 12.5 Å². The van der Waals surface area contributed by atoms with Crippen LogP contribution in [0.25, 0.3) is 0 Å². The Kier molecular flexibility index (Phi) is 33.7. The smallest absolute Gasteiger partial charge is 0.307 e. The summed E-state index contributed by atoms with van der Waals surface area (Å²) in [5.74, 6) is -0.330. The van der Waals surface area contributed by atoms with Gasteiger partial charge in [-0.05, 0) is 64.5 Å². The number of nitrogens with two attached hydrogens (primary N) is 4. The highest BCUT2D eigenvalue weighted by Crippen LogP contribution is 2.15. The molecule has 0 aliphatic rings. The first-order chi connectivity index (χ1) is 21.5. The fourth-order valence-electron chi connectivity index (χ4n) is 5.63. The van der Waals surface area contributed by atoms with Crippen molar-refractivity contribution >= 4 is 11.9 Å². The average molecular weight is 627 g/mol. The lowest BCUT2D eigenvalue weighted by Gasteiger charge is -2.13. The fourth-order valence-corrected chi connectivity index (χ4v) is 5.63. The van der Waals surface area contributed by atoms with Crippen LogP contribution in [0, 0.1) is 0 Å². The van der Waals surface area contributed by atoms with Gasteiger partial charge in [-0.1, -0.05) is 128 Å². The van der Waals surface area contributed by atoms with Crippen LogP contribution < -0.4 is 22.9 Å². The highest BCUT2D eigenvalue weighted by Gasteiger charge is 2.11. The van der Waals surface area contributed by atoms with Crippen molar-refractivity contribution < 1.29 is 19.1 Å². The predicted octanol–water partition coefficient (Wildman–Crippen LogP) is 8.26. The van der Waals surface area contributed by atoms with Crippen LogP contribution in [-0.4, -0.2) is 37.5 Å². The molecule has 0 amide bonds. The zero-order chi connectivity index (χ0) is 32.4. The van der Waals surface area contributed by atoms with E-state index in [4.69, 9.17) is 32.4 Å². The van der Waals surface area contributed by atoms with Crippen molar-refractivity contribution in [2.75, 3.05) is 13.1 Å². The maximum atomic E-state index is 12.0. The van der Waals surface area contributed by atoms with Crippen LogP contribution in [0.15, 0.2) is 0 Å². The summed E-state index contributed by atoms with van der Waals surface area (Å²) in [6, 6.07) is 0. The standard InChI is InChI=1S/C36H74N4O4/c37-31-25-19-13-7-1-3-9-15-21-27-33(39)43-35(41)29-23-17-11-5-6-12-18-24-30-36(42)44-34(40)28-22-16-10-4-2-8-14-20-26-32-38/h33-34H,1-32,37-40H2. The Balaban J connectivity index is 3.42. The third kappa shape index (κ3) is 33.7. The first-order valence-electron chi connectivity index (χ1n) is 18.8. The van der Waals surface area contributed by atoms with Crippen molar-refractivity contribution in [2.24, 2.45) is 22.9 Å². The van der Waals surface area contributed by atoms with Crippen LogP contribution in [0.1, 0.15) is 193 Å². The van der Waals surface area contributed by atoms with Gasteiger partial charge in [-0.25, -0.2) is 0 Å². The number of carbonyl (C=O) groups excluding carboxylic acids is 2. The number of hydrogen-bond acceptors (Lipinski definition) is 8. The van der Waals surface area contributed by atoms with Gasteiger partial charge in [-0.15, -0.1) is 0 Å². The minimum absolute atomic E-state index is 0.165. The summed E-state index contributed by atoms with van der Waals surface area (Å²) in [5.41, 5.74) is 23.0. The number of ether oxygens (including phenoxy) is 2. The molecule has 0 aliphatic carbocycles. The summed E-state index contributed by atoms with van der Waals surface area (Å²) in [4.78, 5) is 24.1. The van der Waals surface area contributed by atoms with E-state index in [1.807, 2.05) is 0 Å². The van der Waals surface area contributed by atoms with E-state index in [2.05, 4.69) is 0 Å². The lowest BCUT2D eigenvalue weighted by Crippen LogP contribution is -2.27. The second-order valence-corrected chi connectivity index (χ2v) is 12.9. The zero-order valence-electron chi connectivity index (χ0n) is 28.7. The Hall–Kier alpha value is -1.22. The van der Waals surface area contributed by atoms with Gasteiger partial charge in [-0.2, -0.15) is 0 Å². The Morgan fingerprint density at radius 3 is 0.864 bits per heavy atom. The fraction of sp³-hybridized carbons (Fsp3) is 0.944. The number of hydrogen-bond donors (Lipinski definition) is 4. The Bertz CT molecular complexity index is 571. The highest BCUT2D eigenvalue weighted by atomic mass is 16.6. The molecular weight excluding hydrogens is 552 g/mol. The SMILES string of the molecule is NCCCCCCCCCCCC(N)OC(=O)CCCCCCCCCCC(=O)OC(N)CCCCCCCCCCCN. The largest absolute Gasteiger partial charge is 0.447 e. The maximum Gasteiger partial charge on any atom is 0.307 e. The molecule has 0 aromatic carbocycles. The Labute approximate surface area is 271 Å². The first kappa shape index (κ1) is 42.8. The van der Waals surface area contributed by atoms with Crippen LogP contribution >= 0.6 is 0 Å². The predicted molar refractivity (Wildman–Crippen MR) is 185 cm³/mol. The molecule has 0 heterocycles. The summed E-state index contributed by atoms with van der Waals surface area (Å²) < 4.78 is 10.8. The number of carbonyl (C=O) groups is 2. The number of esters is 2. The van der Waals surface area contributed by atoms with Gasteiger partial charge in [0.25, 0.3) is 0 Å².